The maximum Gasteiger partial charge on any atom is 0.299 e. The number of piperidine rings is 1. The molecule has 16 nitrogen and oxygen atoms in total. The molecule has 0 unspecified atom stereocenters. The molecule has 8 heterocycles. The van der Waals surface area contributed by atoms with E-state index in [1.54, 1.807) is 104 Å². The molecule has 2 N–H and O–H groups in total. The van der Waals surface area contributed by atoms with Crippen LogP contribution in [0.4, 0.5) is 11.6 Å². The molecule has 0 aliphatic carbocycles. The number of carbonyl (C=O) groups is 4. The standard InChI is InChI=1S/C27H24N6O2.C26H22N6O2/c1-2-6-24(34)32-15-5-7-21(18-32)26-31-25(22-17-28-14-16-33(22)26)19-9-11-20(12-10-19)27(35)30-23-8-3-4-13-29-23;1-2-6-23(33)31-15-5-7-20(31)25-30-24(21-17-27-14-16-32(21)25)18-9-11-19(12-10-18)26(34)29-22-8-3-4-13-28-22/h3-4,8-14,16-17,21H,5,7,15,18H2,1H3,(H,29,30,35);3-4,8-14,16-17,20H,5,7,15H2,1H3,(H,28,29,34)/t21-;20-/m10/s1. The fraction of sp³-hybridized carbons (Fsp3) is 0.208. The molecule has 2 fully saturated rings. The van der Waals surface area contributed by atoms with E-state index in [4.69, 9.17) is 9.97 Å². The third-order valence-corrected chi connectivity index (χ3v) is 12.0. The molecular weight excluding hydrogens is 869 g/mol. The van der Waals surface area contributed by atoms with Crippen molar-refractivity contribution in [3.05, 3.63) is 157 Å². The third-order valence-electron chi connectivity index (χ3n) is 12.0. The molecule has 2 saturated heterocycles. The van der Waals surface area contributed by atoms with Crippen molar-refractivity contribution in [2.24, 2.45) is 0 Å². The van der Waals surface area contributed by atoms with Crippen molar-refractivity contribution in [3.8, 4) is 46.2 Å². The zero-order chi connectivity index (χ0) is 47.7. The first-order chi connectivity index (χ1) is 33.8. The molecule has 0 bridgehead atoms. The minimum Gasteiger partial charge on any atom is -0.331 e. The van der Waals surface area contributed by atoms with E-state index in [2.05, 4.69) is 54.3 Å². The van der Waals surface area contributed by atoms with E-state index in [0.29, 0.717) is 42.4 Å². The first-order valence-electron chi connectivity index (χ1n) is 22.5. The Bertz CT molecular complexity index is 3290. The van der Waals surface area contributed by atoms with Gasteiger partial charge >= 0.3 is 0 Å². The summed E-state index contributed by atoms with van der Waals surface area (Å²) in [6.07, 6.45) is 17.6. The van der Waals surface area contributed by atoms with Crippen molar-refractivity contribution >= 4 is 46.3 Å². The van der Waals surface area contributed by atoms with Gasteiger partial charge in [0.15, 0.2) is 0 Å². The molecule has 10 rings (SSSR count). The first-order valence-corrected chi connectivity index (χ1v) is 22.5. The van der Waals surface area contributed by atoms with Crippen LogP contribution in [0.2, 0.25) is 0 Å². The van der Waals surface area contributed by atoms with Crippen molar-refractivity contribution in [1.29, 1.82) is 0 Å². The number of nitrogens with one attached hydrogen (secondary N) is 2. The van der Waals surface area contributed by atoms with Crippen LogP contribution in [0.25, 0.3) is 33.5 Å². The lowest BCUT2D eigenvalue weighted by Crippen LogP contribution is -2.38. The van der Waals surface area contributed by atoms with Crippen LogP contribution in [0.5, 0.6) is 0 Å². The Hall–Kier alpha value is -9.02. The summed E-state index contributed by atoms with van der Waals surface area (Å²) < 4.78 is 4.04. The predicted molar refractivity (Wildman–Crippen MR) is 260 cm³/mol. The number of pyridine rings is 2. The van der Waals surface area contributed by atoms with Crippen LogP contribution in [0.1, 0.15) is 83.9 Å². The summed E-state index contributed by atoms with van der Waals surface area (Å²) in [5.74, 6) is 12.7. The normalized spacial score (nSPS) is 15.2. The Balaban J connectivity index is 0.000000172. The molecule has 342 valence electrons. The number of nitrogens with zero attached hydrogens (tertiary/aromatic N) is 10. The second-order valence-corrected chi connectivity index (χ2v) is 16.3. The Morgan fingerprint density at radius 3 is 1.65 bits per heavy atom. The van der Waals surface area contributed by atoms with E-state index in [0.717, 1.165) is 70.9 Å². The lowest BCUT2D eigenvalue weighted by Gasteiger charge is -2.30. The smallest absolute Gasteiger partial charge is 0.299 e. The van der Waals surface area contributed by atoms with E-state index in [1.807, 2.05) is 62.5 Å². The number of fused-ring (bicyclic) bond motifs is 2. The van der Waals surface area contributed by atoms with Crippen LogP contribution < -0.4 is 10.6 Å². The molecule has 2 aliphatic rings. The molecule has 0 saturated carbocycles. The predicted octanol–water partition coefficient (Wildman–Crippen LogP) is 7.50. The quantitative estimate of drug-likeness (QED) is 0.145. The molecule has 6 aromatic heterocycles. The minimum atomic E-state index is -0.237. The number of rotatable bonds is 8. The van der Waals surface area contributed by atoms with Gasteiger partial charge in [0.2, 0.25) is 0 Å². The second-order valence-electron chi connectivity index (χ2n) is 16.3. The van der Waals surface area contributed by atoms with E-state index < -0.39 is 0 Å². The SMILES string of the molecule is CC#CC(=O)N1CCC[C@@H](c2nc(-c3ccc(C(=O)Nc4ccccn4)cc3)c3cnccn23)C1.CC#CC(=O)N1CCC[C@H]1c1nc(-c2ccc(C(=O)Nc3ccccn3)cc2)c2cnccn12. The highest BCUT2D eigenvalue weighted by atomic mass is 16.2. The van der Waals surface area contributed by atoms with Gasteiger partial charge in [-0.05, 0) is 99.9 Å². The number of aromatic nitrogens is 8. The number of hydrogen-bond acceptors (Lipinski definition) is 10. The van der Waals surface area contributed by atoms with E-state index in [9.17, 15) is 19.2 Å². The van der Waals surface area contributed by atoms with Gasteiger partial charge in [-0.2, -0.15) is 0 Å². The fourth-order valence-corrected chi connectivity index (χ4v) is 8.70. The highest BCUT2D eigenvalue weighted by Gasteiger charge is 2.33. The summed E-state index contributed by atoms with van der Waals surface area (Å²) in [4.78, 5) is 80.4. The molecule has 2 aromatic carbocycles. The molecule has 8 aromatic rings. The van der Waals surface area contributed by atoms with Crippen LogP contribution in [-0.4, -0.2) is 91.8 Å². The number of carbonyl (C=O) groups excluding carboxylic acids is 4. The van der Waals surface area contributed by atoms with Gasteiger partial charge in [0.1, 0.15) is 23.3 Å². The van der Waals surface area contributed by atoms with E-state index in [-0.39, 0.29) is 35.6 Å². The fourth-order valence-electron chi connectivity index (χ4n) is 8.70. The van der Waals surface area contributed by atoms with Crippen molar-refractivity contribution in [2.45, 2.75) is 51.5 Å². The lowest BCUT2D eigenvalue weighted by atomic mass is 9.97. The summed E-state index contributed by atoms with van der Waals surface area (Å²) in [6.45, 7) is 5.30. The Labute approximate surface area is 397 Å². The largest absolute Gasteiger partial charge is 0.331 e. The summed E-state index contributed by atoms with van der Waals surface area (Å²) in [6, 6.07) is 25.1. The number of imidazole rings is 2. The average Bonchev–Trinajstić information content (AvgIpc) is 4.14. The van der Waals surface area contributed by atoms with E-state index in [1.165, 1.54) is 0 Å². The van der Waals surface area contributed by atoms with Gasteiger partial charge in [-0.1, -0.05) is 48.2 Å². The highest BCUT2D eigenvalue weighted by Crippen LogP contribution is 2.36. The maximum absolute atomic E-state index is 12.6. The van der Waals surface area contributed by atoms with Crippen LogP contribution in [0, 0.1) is 23.7 Å². The molecule has 0 spiro atoms. The lowest BCUT2D eigenvalue weighted by molar-refractivity contribution is -0.127. The van der Waals surface area contributed by atoms with Gasteiger partial charge in [0, 0.05) is 85.0 Å². The summed E-state index contributed by atoms with van der Waals surface area (Å²) in [5.41, 5.74) is 6.05. The topological polar surface area (TPSA) is 185 Å². The van der Waals surface area contributed by atoms with Crippen LogP contribution in [0.15, 0.2) is 135 Å². The van der Waals surface area contributed by atoms with Crippen molar-refractivity contribution in [3.63, 3.8) is 0 Å². The molecule has 0 radical (unpaired) electrons. The number of hydrogen-bond donors (Lipinski definition) is 2. The van der Waals surface area contributed by atoms with Gasteiger partial charge in [-0.3, -0.25) is 37.9 Å². The molecule has 69 heavy (non-hydrogen) atoms. The molecule has 16 heteroatoms. The van der Waals surface area contributed by atoms with E-state index >= 15 is 0 Å². The zero-order valence-electron chi connectivity index (χ0n) is 37.9. The van der Waals surface area contributed by atoms with Crippen LogP contribution >= 0.6 is 0 Å². The van der Waals surface area contributed by atoms with Crippen molar-refractivity contribution in [2.75, 3.05) is 30.3 Å². The molecule has 2 aliphatic heterocycles. The molecule has 4 amide bonds. The summed E-state index contributed by atoms with van der Waals surface area (Å²) >= 11 is 0. The van der Waals surface area contributed by atoms with Gasteiger partial charge in [-0.25, -0.2) is 19.9 Å². The number of likely N-dealkylation sites (tertiary alicyclic amines) is 2. The number of anilines is 2. The van der Waals surface area contributed by atoms with Crippen LogP contribution in [0.3, 0.4) is 0 Å². The minimum absolute atomic E-state index is 0.0958. The third kappa shape index (κ3) is 9.91. The summed E-state index contributed by atoms with van der Waals surface area (Å²) in [7, 11) is 0. The molecular formula is C53H46N12O4. The van der Waals surface area contributed by atoms with Gasteiger partial charge in [0.25, 0.3) is 23.6 Å². The Morgan fingerprint density at radius 1 is 0.594 bits per heavy atom. The second kappa shape index (κ2) is 20.7. The average molecular weight is 915 g/mol. The molecule has 2 atom stereocenters. The van der Waals surface area contributed by atoms with Crippen LogP contribution in [-0.2, 0) is 9.59 Å². The zero-order valence-corrected chi connectivity index (χ0v) is 37.9. The van der Waals surface area contributed by atoms with Crippen molar-refractivity contribution < 1.29 is 19.2 Å². The van der Waals surface area contributed by atoms with Gasteiger partial charge in [-0.15, -0.1) is 0 Å². The summed E-state index contributed by atoms with van der Waals surface area (Å²) in [5, 5.41) is 5.58. The maximum atomic E-state index is 12.6. The Morgan fingerprint density at radius 2 is 1.12 bits per heavy atom. The van der Waals surface area contributed by atoms with Gasteiger partial charge < -0.3 is 20.4 Å². The Kier molecular flexibility index (Phi) is 13.5. The number of amides is 4. The highest BCUT2D eigenvalue weighted by molar-refractivity contribution is 6.05. The number of benzene rings is 2. The first kappa shape index (κ1) is 45.1. The van der Waals surface area contributed by atoms with Gasteiger partial charge in [0.05, 0.1) is 40.9 Å². The van der Waals surface area contributed by atoms with Crippen molar-refractivity contribution in [1.82, 2.24) is 48.5 Å². The monoisotopic (exact) mass is 914 g/mol.